The number of rotatable bonds is 3. The van der Waals surface area contributed by atoms with Crippen molar-refractivity contribution in [1.82, 2.24) is 9.97 Å². The van der Waals surface area contributed by atoms with Crippen LogP contribution in [-0.4, -0.2) is 21.6 Å². The Hall–Kier alpha value is -3.75. The van der Waals surface area contributed by atoms with Gasteiger partial charge in [-0.25, -0.2) is 9.97 Å². The van der Waals surface area contributed by atoms with Gasteiger partial charge >= 0.3 is 12.2 Å². The minimum absolute atomic E-state index is 0.0259. The first-order valence-electron chi connectivity index (χ1n) is 8.94. The molecular formula is C21H15F3N4O2. The number of fused-ring (bicyclic) bond motifs is 1. The molecule has 0 unspecified atom stereocenters. The molecule has 0 bridgehead atoms. The fourth-order valence-corrected chi connectivity index (χ4v) is 3.07. The molecule has 0 fully saturated rings. The average molecular weight is 412 g/mol. The molecule has 30 heavy (non-hydrogen) atoms. The number of alkyl halides is 3. The SMILES string of the molecule is Cc1cc2c(cc1C(F)(F)F)NC(=O)CC(c1cccc(Oc3ncccn3)c1)=N2. The molecule has 1 amide bonds. The fourth-order valence-electron chi connectivity index (χ4n) is 3.07. The van der Waals surface area contributed by atoms with Crippen molar-refractivity contribution in [2.75, 3.05) is 5.32 Å². The van der Waals surface area contributed by atoms with E-state index >= 15 is 0 Å². The predicted molar refractivity (Wildman–Crippen MR) is 104 cm³/mol. The molecule has 2 heterocycles. The summed E-state index contributed by atoms with van der Waals surface area (Å²) >= 11 is 0. The van der Waals surface area contributed by atoms with Gasteiger partial charge in [0.25, 0.3) is 0 Å². The number of ether oxygens (including phenoxy) is 1. The molecule has 3 aromatic rings. The zero-order valence-corrected chi connectivity index (χ0v) is 15.7. The van der Waals surface area contributed by atoms with Gasteiger partial charge < -0.3 is 10.1 Å². The Balaban J connectivity index is 1.72. The van der Waals surface area contributed by atoms with Gasteiger partial charge in [-0.05, 0) is 42.8 Å². The first kappa shape index (κ1) is 19.6. The largest absolute Gasteiger partial charge is 0.424 e. The molecule has 152 valence electrons. The van der Waals surface area contributed by atoms with E-state index in [1.54, 1.807) is 42.7 Å². The molecule has 2 aromatic carbocycles. The van der Waals surface area contributed by atoms with Crippen LogP contribution < -0.4 is 10.1 Å². The number of carbonyl (C=O) groups is 1. The molecule has 1 N–H and O–H groups in total. The normalized spacial score (nSPS) is 13.7. The second-order valence-electron chi connectivity index (χ2n) is 6.63. The van der Waals surface area contributed by atoms with Crippen molar-refractivity contribution in [3.63, 3.8) is 0 Å². The van der Waals surface area contributed by atoms with Gasteiger partial charge in [0, 0.05) is 18.0 Å². The Morgan fingerprint density at radius 1 is 1.07 bits per heavy atom. The van der Waals surface area contributed by atoms with Crippen LogP contribution in [0.1, 0.15) is 23.1 Å². The highest BCUT2D eigenvalue weighted by Gasteiger charge is 2.34. The number of benzene rings is 2. The van der Waals surface area contributed by atoms with Gasteiger partial charge in [0.15, 0.2) is 0 Å². The van der Waals surface area contributed by atoms with E-state index in [4.69, 9.17) is 4.74 Å². The van der Waals surface area contributed by atoms with E-state index in [0.29, 0.717) is 17.0 Å². The van der Waals surface area contributed by atoms with Gasteiger partial charge in [-0.2, -0.15) is 13.2 Å². The second kappa shape index (κ2) is 7.58. The molecule has 0 saturated carbocycles. The number of aryl methyl sites for hydroxylation is 1. The third-order valence-electron chi connectivity index (χ3n) is 4.42. The average Bonchev–Trinajstić information content (AvgIpc) is 2.85. The van der Waals surface area contributed by atoms with Crippen LogP contribution in [0, 0.1) is 6.92 Å². The molecule has 1 aromatic heterocycles. The van der Waals surface area contributed by atoms with Crippen molar-refractivity contribution in [1.29, 1.82) is 0 Å². The molecule has 4 rings (SSSR count). The quantitative estimate of drug-likeness (QED) is 0.653. The predicted octanol–water partition coefficient (Wildman–Crippen LogP) is 5.06. The number of nitrogens with one attached hydrogen (secondary N) is 1. The summed E-state index contributed by atoms with van der Waals surface area (Å²) in [7, 11) is 0. The van der Waals surface area contributed by atoms with Crippen molar-refractivity contribution >= 4 is 23.0 Å². The second-order valence-corrected chi connectivity index (χ2v) is 6.63. The molecule has 0 spiro atoms. The highest BCUT2D eigenvalue weighted by Crippen LogP contribution is 2.39. The summed E-state index contributed by atoms with van der Waals surface area (Å²) in [6.45, 7) is 1.36. The maximum atomic E-state index is 13.2. The van der Waals surface area contributed by atoms with Gasteiger partial charge in [0.1, 0.15) is 5.75 Å². The van der Waals surface area contributed by atoms with Crippen LogP contribution in [0.25, 0.3) is 0 Å². The lowest BCUT2D eigenvalue weighted by atomic mass is 10.1. The van der Waals surface area contributed by atoms with Crippen LogP contribution in [-0.2, 0) is 11.0 Å². The summed E-state index contributed by atoms with van der Waals surface area (Å²) < 4.78 is 45.2. The summed E-state index contributed by atoms with van der Waals surface area (Å²) in [5, 5.41) is 2.51. The van der Waals surface area contributed by atoms with Crippen molar-refractivity contribution in [3.8, 4) is 11.8 Å². The van der Waals surface area contributed by atoms with E-state index in [2.05, 4.69) is 20.3 Å². The van der Waals surface area contributed by atoms with E-state index in [-0.39, 0.29) is 29.4 Å². The summed E-state index contributed by atoms with van der Waals surface area (Å²) in [6.07, 6.45) is -1.53. The number of hydrogen-bond acceptors (Lipinski definition) is 5. The topological polar surface area (TPSA) is 76.5 Å². The van der Waals surface area contributed by atoms with E-state index in [9.17, 15) is 18.0 Å². The standard InChI is InChI=1S/C21H15F3N4O2/c1-12-8-17-18(10-15(12)21(22,23)24)28-19(29)11-16(27-17)13-4-2-5-14(9-13)30-20-25-6-3-7-26-20/h2-10H,11H2,1H3,(H,28,29). The van der Waals surface area contributed by atoms with Gasteiger partial charge in [0.05, 0.1) is 29.1 Å². The molecule has 0 atom stereocenters. The van der Waals surface area contributed by atoms with E-state index in [0.717, 1.165) is 6.07 Å². The monoisotopic (exact) mass is 412 g/mol. The van der Waals surface area contributed by atoms with E-state index in [1.807, 2.05) is 0 Å². The van der Waals surface area contributed by atoms with Gasteiger partial charge in [-0.1, -0.05) is 12.1 Å². The molecule has 0 aliphatic carbocycles. The zero-order valence-electron chi connectivity index (χ0n) is 15.7. The van der Waals surface area contributed by atoms with Crippen molar-refractivity contribution in [2.24, 2.45) is 4.99 Å². The third kappa shape index (κ3) is 4.14. The molecule has 6 nitrogen and oxygen atoms in total. The molecule has 0 saturated heterocycles. The third-order valence-corrected chi connectivity index (χ3v) is 4.42. The lowest BCUT2D eigenvalue weighted by molar-refractivity contribution is -0.138. The Morgan fingerprint density at radius 3 is 2.57 bits per heavy atom. The summed E-state index contributed by atoms with van der Waals surface area (Å²) in [5.41, 5.74) is 0.517. The number of anilines is 1. The number of amides is 1. The summed E-state index contributed by atoms with van der Waals surface area (Å²) in [5.74, 6) is -0.0166. The van der Waals surface area contributed by atoms with Crippen LogP contribution in [0.4, 0.5) is 24.5 Å². The molecule has 0 radical (unpaired) electrons. The molecule has 9 heteroatoms. The first-order chi connectivity index (χ1) is 14.3. The maximum Gasteiger partial charge on any atom is 0.416 e. The molecule has 1 aliphatic rings. The number of carbonyl (C=O) groups excluding carboxylic acids is 1. The Bertz CT molecular complexity index is 1140. The van der Waals surface area contributed by atoms with E-state index < -0.39 is 17.6 Å². The maximum absolute atomic E-state index is 13.2. The van der Waals surface area contributed by atoms with Gasteiger partial charge in [-0.3, -0.25) is 9.79 Å². The number of hydrogen-bond donors (Lipinski definition) is 1. The van der Waals surface area contributed by atoms with E-state index in [1.165, 1.54) is 13.0 Å². The number of aromatic nitrogens is 2. The van der Waals surface area contributed by atoms with Crippen LogP contribution in [0.2, 0.25) is 0 Å². The lowest BCUT2D eigenvalue weighted by Gasteiger charge is -2.13. The number of aliphatic imine (C=N–C) groups is 1. The van der Waals surface area contributed by atoms with Gasteiger partial charge in [-0.15, -0.1) is 0 Å². The molecule has 1 aliphatic heterocycles. The fraction of sp³-hybridized carbons (Fsp3) is 0.143. The summed E-state index contributed by atoms with van der Waals surface area (Å²) in [6, 6.07) is 10.9. The van der Waals surface area contributed by atoms with Gasteiger partial charge in [0.2, 0.25) is 5.91 Å². The smallest absolute Gasteiger partial charge is 0.416 e. The van der Waals surface area contributed by atoms with Crippen LogP contribution in [0.15, 0.2) is 59.9 Å². The lowest BCUT2D eigenvalue weighted by Crippen LogP contribution is -2.15. The van der Waals surface area contributed by atoms with Crippen molar-refractivity contribution < 1.29 is 22.7 Å². The van der Waals surface area contributed by atoms with Crippen LogP contribution in [0.3, 0.4) is 0 Å². The number of nitrogens with zero attached hydrogens (tertiary/aromatic N) is 3. The van der Waals surface area contributed by atoms with Crippen LogP contribution in [0.5, 0.6) is 11.8 Å². The highest BCUT2D eigenvalue weighted by molar-refractivity contribution is 6.17. The Morgan fingerprint density at radius 2 is 1.83 bits per heavy atom. The van der Waals surface area contributed by atoms with Crippen molar-refractivity contribution in [2.45, 2.75) is 19.5 Å². The Labute approximate surface area is 169 Å². The first-order valence-corrected chi connectivity index (χ1v) is 8.94. The minimum atomic E-state index is -4.52. The Kier molecular flexibility index (Phi) is 4.94. The molecular weight excluding hydrogens is 397 g/mol. The highest BCUT2D eigenvalue weighted by atomic mass is 19.4. The van der Waals surface area contributed by atoms with Crippen molar-refractivity contribution in [3.05, 3.63) is 71.5 Å². The van der Waals surface area contributed by atoms with Crippen LogP contribution >= 0.6 is 0 Å². The zero-order chi connectivity index (χ0) is 21.3. The number of halogens is 3. The minimum Gasteiger partial charge on any atom is -0.424 e. The summed E-state index contributed by atoms with van der Waals surface area (Å²) in [4.78, 5) is 24.8.